The monoisotopic (exact) mass is 364 g/mol. The second-order valence-corrected chi connectivity index (χ2v) is 7.40. The van der Waals surface area contributed by atoms with Gasteiger partial charge in [0, 0.05) is 12.2 Å². The van der Waals surface area contributed by atoms with Gasteiger partial charge in [0.1, 0.15) is 16.6 Å². The molecule has 27 heavy (non-hydrogen) atoms. The minimum absolute atomic E-state index is 0.0566. The topological polar surface area (TPSA) is 80.0 Å². The third-order valence-corrected chi connectivity index (χ3v) is 5.35. The Morgan fingerprint density at radius 3 is 2.56 bits per heavy atom. The molecule has 4 rings (SSSR count). The number of anilines is 1. The molecule has 0 spiro atoms. The molecule has 2 aromatic carbocycles. The Labute approximate surface area is 158 Å². The van der Waals surface area contributed by atoms with Crippen molar-refractivity contribution in [1.82, 2.24) is 15.6 Å². The lowest BCUT2D eigenvalue weighted by atomic mass is 9.80. The van der Waals surface area contributed by atoms with Gasteiger partial charge in [-0.1, -0.05) is 43.0 Å². The van der Waals surface area contributed by atoms with Crippen LogP contribution in [0.3, 0.4) is 0 Å². The Morgan fingerprint density at radius 1 is 1.04 bits per heavy atom. The number of benzene rings is 2. The average Bonchev–Trinajstić information content (AvgIpc) is 3.16. The van der Waals surface area contributed by atoms with Crippen molar-refractivity contribution in [2.45, 2.75) is 51.1 Å². The number of fused-ring (bicyclic) bond motifs is 1. The maximum absolute atomic E-state index is 13.2. The second-order valence-electron chi connectivity index (χ2n) is 7.40. The highest BCUT2D eigenvalue weighted by molar-refractivity contribution is 5.89. The zero-order valence-corrected chi connectivity index (χ0v) is 15.5. The lowest BCUT2D eigenvalue weighted by Gasteiger charge is -2.37. The first-order valence-corrected chi connectivity index (χ1v) is 9.49. The molecular formula is C21H24N4O2. The molecule has 6 nitrogen and oxygen atoms in total. The average molecular weight is 364 g/mol. The fourth-order valence-corrected chi connectivity index (χ4v) is 3.77. The van der Waals surface area contributed by atoms with Gasteiger partial charge in [-0.2, -0.15) is 0 Å². The van der Waals surface area contributed by atoms with Gasteiger partial charge in [-0.3, -0.25) is 4.79 Å². The number of rotatable bonds is 5. The van der Waals surface area contributed by atoms with Crippen LogP contribution in [0, 0.1) is 6.92 Å². The summed E-state index contributed by atoms with van der Waals surface area (Å²) < 4.78 is 4.73. The molecular weight excluding hydrogens is 340 g/mol. The number of amides is 1. The van der Waals surface area contributed by atoms with Crippen molar-refractivity contribution in [3.63, 3.8) is 0 Å². The molecule has 1 fully saturated rings. The van der Waals surface area contributed by atoms with E-state index >= 15 is 0 Å². The van der Waals surface area contributed by atoms with Crippen molar-refractivity contribution in [2.24, 2.45) is 0 Å². The van der Waals surface area contributed by atoms with Crippen molar-refractivity contribution in [1.29, 1.82) is 0 Å². The molecule has 1 amide bonds. The molecule has 0 unspecified atom stereocenters. The highest BCUT2D eigenvalue weighted by Crippen LogP contribution is 2.32. The standard InChI is InChI=1S/C21H24N4O2/c1-15-5-8-17(9-6-15)23-21(11-3-2-4-12-21)20(26)22-14-16-7-10-18-19(13-16)25-27-24-18/h5-10,13,23H,2-4,11-12,14H2,1H3,(H,22,26). The summed E-state index contributed by atoms with van der Waals surface area (Å²) in [5.74, 6) is 0.0566. The highest BCUT2D eigenvalue weighted by atomic mass is 16.6. The first kappa shape index (κ1) is 17.5. The molecule has 1 aliphatic carbocycles. The predicted octanol–water partition coefficient (Wildman–Crippen LogP) is 3.96. The number of hydrogen-bond donors (Lipinski definition) is 2. The van der Waals surface area contributed by atoms with E-state index in [0.717, 1.165) is 42.5 Å². The van der Waals surface area contributed by atoms with Crippen molar-refractivity contribution in [3.05, 3.63) is 53.6 Å². The Kier molecular flexibility index (Phi) is 4.79. The zero-order valence-electron chi connectivity index (χ0n) is 15.5. The van der Waals surface area contributed by atoms with Gasteiger partial charge in [0.2, 0.25) is 5.91 Å². The van der Waals surface area contributed by atoms with Crippen LogP contribution in [0.2, 0.25) is 0 Å². The van der Waals surface area contributed by atoms with Crippen LogP contribution >= 0.6 is 0 Å². The summed E-state index contributed by atoms with van der Waals surface area (Å²) in [5.41, 5.74) is 4.05. The summed E-state index contributed by atoms with van der Waals surface area (Å²) in [6.45, 7) is 2.52. The van der Waals surface area contributed by atoms with Gasteiger partial charge >= 0.3 is 0 Å². The molecule has 0 aliphatic heterocycles. The highest BCUT2D eigenvalue weighted by Gasteiger charge is 2.39. The first-order valence-electron chi connectivity index (χ1n) is 9.49. The van der Waals surface area contributed by atoms with E-state index in [0.29, 0.717) is 12.1 Å². The Balaban J connectivity index is 1.48. The van der Waals surface area contributed by atoms with E-state index < -0.39 is 5.54 Å². The van der Waals surface area contributed by atoms with Crippen LogP contribution in [0.25, 0.3) is 11.0 Å². The van der Waals surface area contributed by atoms with Crippen LogP contribution in [0.5, 0.6) is 0 Å². The smallest absolute Gasteiger partial charge is 0.245 e. The summed E-state index contributed by atoms with van der Waals surface area (Å²) >= 11 is 0. The van der Waals surface area contributed by atoms with Crippen LogP contribution in [-0.2, 0) is 11.3 Å². The van der Waals surface area contributed by atoms with Crippen LogP contribution in [-0.4, -0.2) is 21.8 Å². The van der Waals surface area contributed by atoms with Gasteiger partial charge in [-0.15, -0.1) is 0 Å². The molecule has 1 heterocycles. The summed E-state index contributed by atoms with van der Waals surface area (Å²) in [7, 11) is 0. The SMILES string of the molecule is Cc1ccc(NC2(C(=O)NCc3ccc4nonc4c3)CCCCC2)cc1. The summed E-state index contributed by atoms with van der Waals surface area (Å²) in [5, 5.41) is 14.3. The zero-order chi connectivity index (χ0) is 18.7. The molecule has 140 valence electrons. The van der Waals surface area contributed by atoms with Gasteiger partial charge in [-0.25, -0.2) is 4.63 Å². The first-order chi connectivity index (χ1) is 13.1. The van der Waals surface area contributed by atoms with Gasteiger partial charge < -0.3 is 10.6 Å². The van der Waals surface area contributed by atoms with Gasteiger partial charge in [-0.05, 0) is 59.9 Å². The molecule has 1 saturated carbocycles. The van der Waals surface area contributed by atoms with Crippen LogP contribution in [0.15, 0.2) is 47.1 Å². The van der Waals surface area contributed by atoms with Crippen molar-refractivity contribution in [3.8, 4) is 0 Å². The van der Waals surface area contributed by atoms with E-state index in [1.54, 1.807) is 0 Å². The van der Waals surface area contributed by atoms with E-state index in [2.05, 4.69) is 40.0 Å². The van der Waals surface area contributed by atoms with Crippen LogP contribution in [0.1, 0.15) is 43.2 Å². The molecule has 0 saturated heterocycles. The molecule has 0 radical (unpaired) electrons. The van der Waals surface area contributed by atoms with Crippen LogP contribution in [0.4, 0.5) is 5.69 Å². The molecule has 2 N–H and O–H groups in total. The second kappa shape index (κ2) is 7.39. The number of hydrogen-bond acceptors (Lipinski definition) is 5. The number of aromatic nitrogens is 2. The lowest BCUT2D eigenvalue weighted by molar-refractivity contribution is -0.126. The largest absolute Gasteiger partial charge is 0.371 e. The van der Waals surface area contributed by atoms with Crippen molar-refractivity contribution >= 4 is 22.6 Å². The Morgan fingerprint density at radius 2 is 1.78 bits per heavy atom. The maximum Gasteiger partial charge on any atom is 0.245 e. The minimum Gasteiger partial charge on any atom is -0.371 e. The number of aryl methyl sites for hydroxylation is 1. The van der Waals surface area contributed by atoms with E-state index in [4.69, 9.17) is 4.63 Å². The normalized spacial score (nSPS) is 16.2. The number of carbonyl (C=O) groups is 1. The summed E-state index contributed by atoms with van der Waals surface area (Å²) in [6.07, 6.45) is 4.99. The maximum atomic E-state index is 13.2. The summed E-state index contributed by atoms with van der Waals surface area (Å²) in [4.78, 5) is 13.2. The predicted molar refractivity (Wildman–Crippen MR) is 104 cm³/mol. The Bertz CT molecular complexity index is 927. The van der Waals surface area contributed by atoms with E-state index in [1.165, 1.54) is 12.0 Å². The van der Waals surface area contributed by atoms with Gasteiger partial charge in [0.05, 0.1) is 0 Å². The molecule has 1 aromatic heterocycles. The molecule has 0 atom stereocenters. The molecule has 0 bridgehead atoms. The number of nitrogens with zero attached hydrogens (tertiary/aromatic N) is 2. The molecule has 6 heteroatoms. The van der Waals surface area contributed by atoms with E-state index in [9.17, 15) is 4.79 Å². The van der Waals surface area contributed by atoms with E-state index in [-0.39, 0.29) is 5.91 Å². The third kappa shape index (κ3) is 3.79. The fraction of sp³-hybridized carbons (Fsp3) is 0.381. The van der Waals surface area contributed by atoms with Gasteiger partial charge in [0.25, 0.3) is 0 Å². The van der Waals surface area contributed by atoms with E-state index in [1.807, 2.05) is 30.3 Å². The third-order valence-electron chi connectivity index (χ3n) is 5.35. The van der Waals surface area contributed by atoms with Crippen molar-refractivity contribution in [2.75, 3.05) is 5.32 Å². The fourth-order valence-electron chi connectivity index (χ4n) is 3.77. The quantitative estimate of drug-likeness (QED) is 0.716. The van der Waals surface area contributed by atoms with Gasteiger partial charge in [0.15, 0.2) is 0 Å². The Hall–Kier alpha value is -2.89. The number of nitrogens with one attached hydrogen (secondary N) is 2. The van der Waals surface area contributed by atoms with Crippen LogP contribution < -0.4 is 10.6 Å². The molecule has 3 aromatic rings. The number of carbonyl (C=O) groups excluding carboxylic acids is 1. The molecule has 1 aliphatic rings. The lowest BCUT2D eigenvalue weighted by Crippen LogP contribution is -2.53. The minimum atomic E-state index is -0.549. The van der Waals surface area contributed by atoms with Crippen molar-refractivity contribution < 1.29 is 9.42 Å². The summed E-state index contributed by atoms with van der Waals surface area (Å²) in [6, 6.07) is 13.9.